The van der Waals surface area contributed by atoms with E-state index in [9.17, 15) is 4.79 Å². The van der Waals surface area contributed by atoms with Gasteiger partial charge in [0.15, 0.2) is 0 Å². The fourth-order valence-corrected chi connectivity index (χ4v) is 4.31. The molecule has 1 N–H and O–H groups in total. The molecule has 1 saturated heterocycles. The first-order valence-corrected chi connectivity index (χ1v) is 11.5. The molecule has 0 unspecified atom stereocenters. The second kappa shape index (κ2) is 9.76. The number of carbonyl (C=O) groups is 1. The second-order valence-corrected chi connectivity index (χ2v) is 8.55. The van der Waals surface area contributed by atoms with E-state index in [0.29, 0.717) is 50.7 Å². The van der Waals surface area contributed by atoms with Gasteiger partial charge in [-0.3, -0.25) is 14.4 Å². The van der Waals surface area contributed by atoms with Gasteiger partial charge in [0, 0.05) is 38.0 Å². The van der Waals surface area contributed by atoms with E-state index in [2.05, 4.69) is 27.5 Å². The molecule has 0 aliphatic carbocycles. The fourth-order valence-electron chi connectivity index (χ4n) is 4.31. The molecule has 2 aromatic heterocycles. The summed E-state index contributed by atoms with van der Waals surface area (Å²) in [5.74, 6) is 2.44. The molecule has 33 heavy (non-hydrogen) atoms. The van der Waals surface area contributed by atoms with Crippen molar-refractivity contribution in [2.75, 3.05) is 19.7 Å². The lowest BCUT2D eigenvalue weighted by Gasteiger charge is -2.20. The fraction of sp³-hybridized carbons (Fsp3) is 0.458. The van der Waals surface area contributed by atoms with Gasteiger partial charge in [-0.25, -0.2) is 0 Å². The van der Waals surface area contributed by atoms with E-state index in [0.717, 1.165) is 30.1 Å². The van der Waals surface area contributed by atoms with E-state index >= 15 is 0 Å². The van der Waals surface area contributed by atoms with Gasteiger partial charge < -0.3 is 19.2 Å². The van der Waals surface area contributed by atoms with Gasteiger partial charge in [-0.1, -0.05) is 18.2 Å². The number of ether oxygens (including phenoxy) is 2. The Labute approximate surface area is 192 Å². The van der Waals surface area contributed by atoms with Crippen LogP contribution in [0.15, 0.2) is 47.0 Å². The van der Waals surface area contributed by atoms with Crippen molar-refractivity contribution in [2.24, 2.45) is 0 Å². The number of aromatic nitrogens is 3. The van der Waals surface area contributed by atoms with Crippen LogP contribution in [-0.4, -0.2) is 57.6 Å². The van der Waals surface area contributed by atoms with E-state index in [1.54, 1.807) is 12.1 Å². The van der Waals surface area contributed by atoms with Crippen molar-refractivity contribution in [3.05, 3.63) is 65.4 Å². The number of furan rings is 1. The normalized spacial score (nSPS) is 21.9. The Balaban J connectivity index is 1.35. The van der Waals surface area contributed by atoms with Crippen molar-refractivity contribution in [3.63, 3.8) is 0 Å². The molecule has 174 valence electrons. The van der Waals surface area contributed by atoms with Gasteiger partial charge in [-0.15, -0.1) is 5.10 Å². The van der Waals surface area contributed by atoms with Gasteiger partial charge >= 0.3 is 0 Å². The highest BCUT2D eigenvalue weighted by atomic mass is 16.5. The molecule has 0 saturated carbocycles. The van der Waals surface area contributed by atoms with Crippen molar-refractivity contribution in [3.8, 4) is 5.75 Å². The minimum atomic E-state index is -0.174. The van der Waals surface area contributed by atoms with E-state index in [-0.39, 0.29) is 18.1 Å². The van der Waals surface area contributed by atoms with Gasteiger partial charge in [0.2, 0.25) is 0 Å². The quantitative estimate of drug-likeness (QED) is 0.653. The van der Waals surface area contributed by atoms with Crippen LogP contribution in [0.25, 0.3) is 0 Å². The summed E-state index contributed by atoms with van der Waals surface area (Å²) in [6, 6.07) is 11.2. The Hall–Kier alpha value is -3.17. The third kappa shape index (κ3) is 5.26. The lowest BCUT2D eigenvalue weighted by Crippen LogP contribution is -2.44. The van der Waals surface area contributed by atoms with Crippen LogP contribution in [0.3, 0.4) is 0 Å². The summed E-state index contributed by atoms with van der Waals surface area (Å²) in [6.07, 6.45) is 3.38. The maximum Gasteiger partial charge on any atom is 0.251 e. The summed E-state index contributed by atoms with van der Waals surface area (Å²) in [5.41, 5.74) is 1.35. The molecule has 1 aromatic carbocycles. The van der Waals surface area contributed by atoms with Crippen LogP contribution in [0, 0.1) is 0 Å². The highest BCUT2D eigenvalue weighted by Gasteiger charge is 2.35. The summed E-state index contributed by atoms with van der Waals surface area (Å²) in [4.78, 5) is 15.3. The van der Waals surface area contributed by atoms with Gasteiger partial charge in [-0.05, 0) is 30.3 Å². The predicted octanol–water partition coefficient (Wildman–Crippen LogP) is 2.42. The van der Waals surface area contributed by atoms with Gasteiger partial charge in [0.1, 0.15) is 23.0 Å². The first kappa shape index (κ1) is 21.7. The number of benzene rings is 1. The first-order chi connectivity index (χ1) is 16.2. The van der Waals surface area contributed by atoms with Crippen LogP contribution < -0.4 is 10.1 Å². The number of nitrogens with one attached hydrogen (secondary N) is 1. The molecule has 3 aromatic rings. The van der Waals surface area contributed by atoms with E-state index in [1.165, 1.54) is 0 Å². The Kier molecular flexibility index (Phi) is 6.41. The molecule has 5 rings (SSSR count). The number of nitrogens with zero attached hydrogens (tertiary/aromatic N) is 4. The Morgan fingerprint density at radius 2 is 2.09 bits per heavy atom. The molecule has 1 fully saturated rings. The van der Waals surface area contributed by atoms with Gasteiger partial charge in [0.05, 0.1) is 38.1 Å². The molecule has 9 nitrogen and oxygen atoms in total. The number of hydrogen-bond donors (Lipinski definition) is 1. The summed E-state index contributed by atoms with van der Waals surface area (Å²) in [6.45, 7) is 5.68. The SMILES string of the molecule is CCc1ccc(CN2C[C@@H]3NC(=O)c4cccc(c4)OCCCn4cc(nn4)CO[C@H]3C2)o1. The number of likely N-dealkylation sites (tertiary alicyclic amines) is 1. The number of aryl methyl sites for hydroxylation is 2. The number of hydrogen-bond acceptors (Lipinski definition) is 7. The molecule has 1 amide bonds. The molecule has 4 bridgehead atoms. The van der Waals surface area contributed by atoms with Crippen LogP contribution in [0.4, 0.5) is 0 Å². The molecule has 2 atom stereocenters. The average Bonchev–Trinajstić information content (AvgIpc) is 3.55. The third-order valence-electron chi connectivity index (χ3n) is 6.03. The van der Waals surface area contributed by atoms with Crippen molar-refractivity contribution in [1.29, 1.82) is 0 Å². The maximum absolute atomic E-state index is 13.0. The third-order valence-corrected chi connectivity index (χ3v) is 6.03. The minimum absolute atomic E-state index is 0.134. The Bertz CT molecular complexity index is 1090. The molecule has 0 radical (unpaired) electrons. The second-order valence-electron chi connectivity index (χ2n) is 8.55. The standard InChI is InChI=1S/C24H29N5O4/c1-2-19-7-8-21(33-19)13-28-14-22-23(15-28)32-16-18-12-29(27-26-18)9-4-10-31-20-6-3-5-17(11-20)24(30)25-22/h3,5-8,11-12,22-23H,2,4,9-10,13-16H2,1H3,(H,25,30)/t22-,23-/m0/s1. The van der Waals surface area contributed by atoms with Crippen molar-refractivity contribution in [2.45, 2.75) is 51.6 Å². The zero-order valence-corrected chi connectivity index (χ0v) is 18.8. The summed E-state index contributed by atoms with van der Waals surface area (Å²) in [7, 11) is 0. The van der Waals surface area contributed by atoms with Crippen molar-refractivity contribution >= 4 is 5.91 Å². The molecular weight excluding hydrogens is 422 g/mol. The lowest BCUT2D eigenvalue weighted by atomic mass is 10.1. The van der Waals surface area contributed by atoms with Crippen LogP contribution in [-0.2, 0) is 30.9 Å². The zero-order valence-electron chi connectivity index (χ0n) is 18.8. The van der Waals surface area contributed by atoms with E-state index in [4.69, 9.17) is 13.9 Å². The first-order valence-electron chi connectivity index (χ1n) is 11.5. The number of rotatable bonds is 3. The molecule has 2 aliphatic heterocycles. The number of carbonyl (C=O) groups excluding carboxylic acids is 1. The Morgan fingerprint density at radius 1 is 1.18 bits per heavy atom. The summed E-state index contributed by atoms with van der Waals surface area (Å²) >= 11 is 0. The van der Waals surface area contributed by atoms with Crippen LogP contribution >= 0.6 is 0 Å². The lowest BCUT2D eigenvalue weighted by molar-refractivity contribution is 0.0291. The molecule has 4 heterocycles. The van der Waals surface area contributed by atoms with Crippen LogP contribution in [0.1, 0.15) is 40.9 Å². The topological polar surface area (TPSA) is 94.7 Å². The Morgan fingerprint density at radius 3 is 2.97 bits per heavy atom. The molecular formula is C24H29N5O4. The maximum atomic E-state index is 13.0. The van der Waals surface area contributed by atoms with Gasteiger partial charge in [0.25, 0.3) is 5.91 Å². The largest absolute Gasteiger partial charge is 0.494 e. The van der Waals surface area contributed by atoms with Crippen molar-refractivity contribution in [1.82, 2.24) is 25.2 Å². The number of fused-ring (bicyclic) bond motifs is 5. The number of amides is 1. The highest BCUT2D eigenvalue weighted by Crippen LogP contribution is 2.21. The predicted molar refractivity (Wildman–Crippen MR) is 120 cm³/mol. The highest BCUT2D eigenvalue weighted by molar-refractivity contribution is 5.94. The van der Waals surface area contributed by atoms with Crippen molar-refractivity contribution < 1.29 is 18.7 Å². The van der Waals surface area contributed by atoms with Crippen LogP contribution in [0.2, 0.25) is 0 Å². The molecule has 9 heteroatoms. The average molecular weight is 452 g/mol. The summed E-state index contributed by atoms with van der Waals surface area (Å²) < 4.78 is 19.8. The zero-order chi connectivity index (χ0) is 22.6. The van der Waals surface area contributed by atoms with Gasteiger partial charge in [-0.2, -0.15) is 0 Å². The van der Waals surface area contributed by atoms with E-state index in [1.807, 2.05) is 35.1 Å². The monoisotopic (exact) mass is 451 g/mol. The molecule has 0 spiro atoms. The summed E-state index contributed by atoms with van der Waals surface area (Å²) in [5, 5.41) is 11.6. The minimum Gasteiger partial charge on any atom is -0.494 e. The molecule has 2 aliphatic rings. The van der Waals surface area contributed by atoms with E-state index < -0.39 is 0 Å². The smallest absolute Gasteiger partial charge is 0.251 e. The van der Waals surface area contributed by atoms with Crippen LogP contribution in [0.5, 0.6) is 5.75 Å².